The van der Waals surface area contributed by atoms with Crippen molar-refractivity contribution in [2.45, 2.75) is 13.8 Å². The number of amides is 1. The Bertz CT molecular complexity index is 189. The predicted molar refractivity (Wildman–Crippen MR) is 58.7 cm³/mol. The van der Waals surface area contributed by atoms with Crippen molar-refractivity contribution >= 4 is 6.09 Å². The molecule has 1 saturated heterocycles. The molecule has 0 radical (unpaired) electrons. The first-order chi connectivity index (χ1) is 7.27. The Morgan fingerprint density at radius 2 is 1.93 bits per heavy atom. The van der Waals surface area contributed by atoms with E-state index in [0.29, 0.717) is 19.8 Å². The van der Waals surface area contributed by atoms with E-state index >= 15 is 0 Å². The molecule has 1 fully saturated rings. The normalized spacial score (nSPS) is 17.5. The van der Waals surface area contributed by atoms with Gasteiger partial charge in [0.25, 0.3) is 0 Å². The van der Waals surface area contributed by atoms with Gasteiger partial charge in [-0.2, -0.15) is 0 Å². The quantitative estimate of drug-likeness (QED) is 0.734. The molecule has 0 aromatic rings. The Balaban J connectivity index is 2.20. The number of nitrogens with zero attached hydrogens (tertiary/aromatic N) is 2. The first-order valence-corrected chi connectivity index (χ1v) is 5.62. The van der Waals surface area contributed by atoms with Crippen molar-refractivity contribution in [2.24, 2.45) is 0 Å². The van der Waals surface area contributed by atoms with Gasteiger partial charge in [0.05, 0.1) is 0 Å². The number of carbonyl (C=O) groups is 1. The summed E-state index contributed by atoms with van der Waals surface area (Å²) in [5.41, 5.74) is 0. The van der Waals surface area contributed by atoms with Gasteiger partial charge in [0.15, 0.2) is 0 Å². The van der Waals surface area contributed by atoms with Crippen molar-refractivity contribution in [1.29, 1.82) is 0 Å². The molecular weight excluding hydrogens is 194 g/mol. The van der Waals surface area contributed by atoms with E-state index in [0.717, 1.165) is 26.2 Å². The first-order valence-electron chi connectivity index (χ1n) is 5.62. The van der Waals surface area contributed by atoms with Crippen LogP contribution in [0.5, 0.6) is 0 Å². The zero-order valence-electron chi connectivity index (χ0n) is 9.66. The van der Waals surface area contributed by atoms with Gasteiger partial charge >= 0.3 is 6.09 Å². The van der Waals surface area contributed by atoms with Gasteiger partial charge in [-0.05, 0) is 13.8 Å². The molecule has 0 aromatic carbocycles. The van der Waals surface area contributed by atoms with Crippen molar-refractivity contribution in [3.8, 4) is 0 Å². The van der Waals surface area contributed by atoms with Gasteiger partial charge in [0.2, 0.25) is 0 Å². The van der Waals surface area contributed by atoms with Crippen molar-refractivity contribution in [1.82, 2.24) is 15.1 Å². The second-order valence-corrected chi connectivity index (χ2v) is 3.58. The molecule has 1 aliphatic rings. The smallest absolute Gasteiger partial charge is 0.411 e. The summed E-state index contributed by atoms with van der Waals surface area (Å²) >= 11 is 0. The topological polar surface area (TPSA) is 44.8 Å². The molecule has 1 heterocycles. The summed E-state index contributed by atoms with van der Waals surface area (Å²) in [5.74, 6) is 0. The van der Waals surface area contributed by atoms with Gasteiger partial charge < -0.3 is 15.0 Å². The summed E-state index contributed by atoms with van der Waals surface area (Å²) in [7, 11) is 0. The predicted octanol–water partition coefficient (Wildman–Crippen LogP) is 0.328. The van der Waals surface area contributed by atoms with Crippen LogP contribution >= 0.6 is 0 Å². The average Bonchev–Trinajstić information content (AvgIpc) is 2.29. The van der Waals surface area contributed by atoms with Crippen molar-refractivity contribution in [2.75, 3.05) is 46.0 Å². The Labute approximate surface area is 91.4 Å². The Kier molecular flexibility index (Phi) is 5.42. The minimum absolute atomic E-state index is 0.210. The fourth-order valence-corrected chi connectivity index (χ4v) is 1.56. The van der Waals surface area contributed by atoms with Crippen LogP contribution in [0.2, 0.25) is 0 Å². The second kappa shape index (κ2) is 6.63. The van der Waals surface area contributed by atoms with Crippen molar-refractivity contribution < 1.29 is 9.53 Å². The van der Waals surface area contributed by atoms with Crippen LogP contribution in [0.4, 0.5) is 4.79 Å². The molecule has 1 amide bonds. The fourth-order valence-electron chi connectivity index (χ4n) is 1.56. The van der Waals surface area contributed by atoms with Gasteiger partial charge in [-0.15, -0.1) is 0 Å². The molecular formula is C10H21N3O2. The van der Waals surface area contributed by atoms with E-state index < -0.39 is 0 Å². The highest BCUT2D eigenvalue weighted by Gasteiger charge is 2.14. The lowest BCUT2D eigenvalue weighted by molar-refractivity contribution is 0.0407. The molecule has 88 valence electrons. The monoisotopic (exact) mass is 215 g/mol. The summed E-state index contributed by atoms with van der Waals surface area (Å²) in [5, 5.41) is 3.25. The maximum absolute atomic E-state index is 11.5. The molecule has 15 heavy (non-hydrogen) atoms. The lowest BCUT2D eigenvalue weighted by Gasteiger charge is -2.27. The average molecular weight is 215 g/mol. The SMILES string of the molecule is CCN(CC)C(=O)OCN1CCNCC1. The van der Waals surface area contributed by atoms with Gasteiger partial charge in [-0.3, -0.25) is 4.90 Å². The maximum Gasteiger partial charge on any atom is 0.411 e. The highest BCUT2D eigenvalue weighted by Crippen LogP contribution is 1.97. The molecule has 1 rings (SSSR count). The van der Waals surface area contributed by atoms with Crippen LogP contribution in [0.15, 0.2) is 0 Å². The summed E-state index contributed by atoms with van der Waals surface area (Å²) in [6, 6.07) is 0. The van der Waals surface area contributed by atoms with E-state index in [-0.39, 0.29) is 6.09 Å². The van der Waals surface area contributed by atoms with E-state index in [1.165, 1.54) is 0 Å². The van der Waals surface area contributed by atoms with Crippen LogP contribution in [0.1, 0.15) is 13.8 Å². The zero-order valence-corrected chi connectivity index (χ0v) is 9.66. The minimum atomic E-state index is -0.210. The van der Waals surface area contributed by atoms with Gasteiger partial charge in [-0.25, -0.2) is 4.79 Å². The molecule has 1 N–H and O–H groups in total. The number of rotatable bonds is 4. The van der Waals surface area contributed by atoms with E-state index in [2.05, 4.69) is 10.2 Å². The lowest BCUT2D eigenvalue weighted by Crippen LogP contribution is -2.45. The standard InChI is InChI=1S/C10H21N3O2/c1-3-13(4-2)10(14)15-9-12-7-5-11-6-8-12/h11H,3-9H2,1-2H3. The third kappa shape index (κ3) is 4.05. The third-order valence-electron chi connectivity index (χ3n) is 2.60. The van der Waals surface area contributed by atoms with Gasteiger partial charge in [0, 0.05) is 39.3 Å². The van der Waals surface area contributed by atoms with Crippen LogP contribution in [0.3, 0.4) is 0 Å². The Morgan fingerprint density at radius 3 is 2.47 bits per heavy atom. The molecule has 0 saturated carbocycles. The molecule has 0 atom stereocenters. The van der Waals surface area contributed by atoms with Gasteiger partial charge in [-0.1, -0.05) is 0 Å². The summed E-state index contributed by atoms with van der Waals surface area (Å²) < 4.78 is 5.21. The molecule has 0 spiro atoms. The van der Waals surface area contributed by atoms with Gasteiger partial charge in [0.1, 0.15) is 6.73 Å². The van der Waals surface area contributed by atoms with Crippen LogP contribution in [0, 0.1) is 0 Å². The highest BCUT2D eigenvalue weighted by atomic mass is 16.6. The molecule has 5 nitrogen and oxygen atoms in total. The van der Waals surface area contributed by atoms with E-state index in [9.17, 15) is 4.79 Å². The Morgan fingerprint density at radius 1 is 1.33 bits per heavy atom. The summed E-state index contributed by atoms with van der Waals surface area (Å²) in [6.45, 7) is 9.58. The molecule has 0 aliphatic carbocycles. The Hall–Kier alpha value is -0.810. The second-order valence-electron chi connectivity index (χ2n) is 3.58. The summed E-state index contributed by atoms with van der Waals surface area (Å²) in [6.07, 6.45) is -0.210. The number of ether oxygens (including phenoxy) is 1. The minimum Gasteiger partial charge on any atom is -0.433 e. The molecule has 0 aromatic heterocycles. The van der Waals surface area contributed by atoms with Crippen molar-refractivity contribution in [3.05, 3.63) is 0 Å². The largest absolute Gasteiger partial charge is 0.433 e. The number of piperazine rings is 1. The maximum atomic E-state index is 11.5. The number of hydrogen-bond acceptors (Lipinski definition) is 4. The third-order valence-corrected chi connectivity index (χ3v) is 2.60. The molecule has 0 bridgehead atoms. The van der Waals surface area contributed by atoms with Crippen LogP contribution < -0.4 is 5.32 Å². The van der Waals surface area contributed by atoms with Crippen LogP contribution in [-0.4, -0.2) is 61.9 Å². The number of carbonyl (C=O) groups excluding carboxylic acids is 1. The zero-order chi connectivity index (χ0) is 11.1. The fraction of sp³-hybridized carbons (Fsp3) is 0.900. The van der Waals surface area contributed by atoms with E-state index in [1.54, 1.807) is 4.90 Å². The molecule has 5 heteroatoms. The van der Waals surface area contributed by atoms with Crippen LogP contribution in [0.25, 0.3) is 0 Å². The number of nitrogens with one attached hydrogen (secondary N) is 1. The van der Waals surface area contributed by atoms with E-state index in [4.69, 9.17) is 4.74 Å². The molecule has 0 unspecified atom stereocenters. The lowest BCUT2D eigenvalue weighted by atomic mass is 10.4. The van der Waals surface area contributed by atoms with Crippen LogP contribution in [-0.2, 0) is 4.74 Å². The highest BCUT2D eigenvalue weighted by molar-refractivity contribution is 5.67. The number of hydrogen-bond donors (Lipinski definition) is 1. The van der Waals surface area contributed by atoms with E-state index in [1.807, 2.05) is 13.8 Å². The van der Waals surface area contributed by atoms with Crippen molar-refractivity contribution in [3.63, 3.8) is 0 Å². The molecule has 1 aliphatic heterocycles. The summed E-state index contributed by atoms with van der Waals surface area (Å²) in [4.78, 5) is 15.3. The first kappa shape index (κ1) is 12.3.